The molecule has 19 heavy (non-hydrogen) atoms. The molecule has 0 radical (unpaired) electrons. The molecule has 1 N–H and O–H groups in total. The van der Waals surface area contributed by atoms with Crippen LogP contribution in [0.4, 0.5) is 4.39 Å². The van der Waals surface area contributed by atoms with Gasteiger partial charge in [-0.1, -0.05) is 0 Å². The maximum atomic E-state index is 14.0. The average Bonchev–Trinajstić information content (AvgIpc) is 2.60. The minimum absolute atomic E-state index is 0.0322. The van der Waals surface area contributed by atoms with Crippen LogP contribution in [0.25, 0.3) is 5.82 Å². The predicted octanol–water partition coefficient (Wildman–Crippen LogP) is 1.35. The first-order valence-corrected chi connectivity index (χ1v) is 5.66. The van der Waals surface area contributed by atoms with Crippen molar-refractivity contribution in [2.24, 2.45) is 0 Å². The molecule has 2 aromatic rings. The fourth-order valence-electron chi connectivity index (χ4n) is 1.88. The molecule has 0 aliphatic carbocycles. The van der Waals surface area contributed by atoms with Gasteiger partial charge in [-0.15, -0.1) is 0 Å². The molecule has 0 saturated carbocycles. The molecule has 0 aliphatic rings. The van der Waals surface area contributed by atoms with Crippen LogP contribution in [0, 0.1) is 26.6 Å². The summed E-state index contributed by atoms with van der Waals surface area (Å²) in [6.45, 7) is 4.91. The standard InChI is InChI=1S/C12H13FN4O2/c1-6-9(4-10(18)19)8(3)17(16-6)12-11(13)7(2)14-5-15-12/h5H,4H2,1-3H3,(H,18,19). The summed E-state index contributed by atoms with van der Waals surface area (Å²) in [5.74, 6) is -1.48. The second kappa shape index (κ2) is 4.75. The van der Waals surface area contributed by atoms with Crippen LogP contribution in [0.5, 0.6) is 0 Å². The summed E-state index contributed by atoms with van der Waals surface area (Å²) < 4.78 is 15.3. The second-order valence-corrected chi connectivity index (χ2v) is 4.23. The van der Waals surface area contributed by atoms with Crippen molar-refractivity contribution >= 4 is 5.97 Å². The van der Waals surface area contributed by atoms with Gasteiger partial charge in [-0.3, -0.25) is 4.79 Å². The number of carboxylic acids is 1. The fraction of sp³-hybridized carbons (Fsp3) is 0.333. The molecule has 0 amide bonds. The van der Waals surface area contributed by atoms with Gasteiger partial charge in [0.2, 0.25) is 0 Å². The largest absolute Gasteiger partial charge is 0.481 e. The van der Waals surface area contributed by atoms with E-state index in [0.29, 0.717) is 17.0 Å². The molecule has 0 spiro atoms. The van der Waals surface area contributed by atoms with E-state index in [2.05, 4.69) is 15.1 Å². The zero-order chi connectivity index (χ0) is 14.2. The molecule has 0 atom stereocenters. The third-order valence-electron chi connectivity index (χ3n) is 2.92. The predicted molar refractivity (Wildman–Crippen MR) is 64.7 cm³/mol. The van der Waals surface area contributed by atoms with Crippen LogP contribution < -0.4 is 0 Å². The highest BCUT2D eigenvalue weighted by Crippen LogP contribution is 2.19. The van der Waals surface area contributed by atoms with E-state index in [1.54, 1.807) is 13.8 Å². The quantitative estimate of drug-likeness (QED) is 0.905. The molecular weight excluding hydrogens is 251 g/mol. The molecule has 0 fully saturated rings. The maximum Gasteiger partial charge on any atom is 0.307 e. The first-order valence-electron chi connectivity index (χ1n) is 5.66. The third-order valence-corrected chi connectivity index (χ3v) is 2.92. The van der Waals surface area contributed by atoms with Crippen molar-refractivity contribution in [2.45, 2.75) is 27.2 Å². The molecule has 100 valence electrons. The Morgan fingerprint density at radius 2 is 2.00 bits per heavy atom. The van der Waals surface area contributed by atoms with E-state index in [0.717, 1.165) is 0 Å². The van der Waals surface area contributed by atoms with Crippen molar-refractivity contribution in [1.82, 2.24) is 19.7 Å². The van der Waals surface area contributed by atoms with Gasteiger partial charge >= 0.3 is 5.97 Å². The third kappa shape index (κ3) is 2.31. The van der Waals surface area contributed by atoms with E-state index >= 15 is 0 Å². The number of nitrogens with zero attached hydrogens (tertiary/aromatic N) is 4. The van der Waals surface area contributed by atoms with Crippen LogP contribution in [0.3, 0.4) is 0 Å². The van der Waals surface area contributed by atoms with Crippen LogP contribution in [0.15, 0.2) is 6.33 Å². The molecular formula is C12H13FN4O2. The van der Waals surface area contributed by atoms with Crippen molar-refractivity contribution in [1.29, 1.82) is 0 Å². The summed E-state index contributed by atoms with van der Waals surface area (Å²) in [5.41, 5.74) is 1.91. The number of aryl methyl sites for hydroxylation is 2. The summed E-state index contributed by atoms with van der Waals surface area (Å²) in [4.78, 5) is 18.4. The summed E-state index contributed by atoms with van der Waals surface area (Å²) in [5, 5.41) is 13.0. The first-order chi connectivity index (χ1) is 8.91. The first kappa shape index (κ1) is 13.1. The van der Waals surface area contributed by atoms with Gasteiger partial charge in [0.05, 0.1) is 17.8 Å². The Morgan fingerprint density at radius 3 is 2.63 bits per heavy atom. The molecule has 0 aliphatic heterocycles. The molecule has 2 aromatic heterocycles. The van der Waals surface area contributed by atoms with E-state index in [1.165, 1.54) is 17.9 Å². The van der Waals surface area contributed by atoms with E-state index in [4.69, 9.17) is 5.11 Å². The van der Waals surface area contributed by atoms with Gasteiger partial charge in [0.15, 0.2) is 11.6 Å². The lowest BCUT2D eigenvalue weighted by atomic mass is 10.1. The lowest BCUT2D eigenvalue weighted by molar-refractivity contribution is -0.136. The Labute approximate surface area is 108 Å². The highest BCUT2D eigenvalue weighted by atomic mass is 19.1. The Hall–Kier alpha value is -2.31. The lowest BCUT2D eigenvalue weighted by Crippen LogP contribution is -2.08. The number of halogens is 1. The van der Waals surface area contributed by atoms with Gasteiger partial charge in [-0.25, -0.2) is 19.0 Å². The molecule has 6 nitrogen and oxygen atoms in total. The van der Waals surface area contributed by atoms with Crippen molar-refractivity contribution < 1.29 is 14.3 Å². The summed E-state index contributed by atoms with van der Waals surface area (Å²) in [6.07, 6.45) is 1.10. The monoisotopic (exact) mass is 264 g/mol. The van der Waals surface area contributed by atoms with Gasteiger partial charge in [-0.2, -0.15) is 5.10 Å². The molecule has 2 rings (SSSR count). The molecule has 0 bridgehead atoms. The number of carbonyl (C=O) groups is 1. The minimum atomic E-state index is -0.954. The van der Waals surface area contributed by atoms with Crippen LogP contribution in [-0.4, -0.2) is 30.8 Å². The van der Waals surface area contributed by atoms with Crippen molar-refractivity contribution in [3.8, 4) is 5.82 Å². The Kier molecular flexibility index (Phi) is 3.28. The number of aromatic nitrogens is 4. The highest BCUT2D eigenvalue weighted by molar-refractivity contribution is 5.71. The maximum absolute atomic E-state index is 14.0. The van der Waals surface area contributed by atoms with Crippen LogP contribution in [0.1, 0.15) is 22.6 Å². The van der Waals surface area contributed by atoms with Gasteiger partial charge < -0.3 is 5.11 Å². The van der Waals surface area contributed by atoms with Crippen molar-refractivity contribution in [3.63, 3.8) is 0 Å². The zero-order valence-electron chi connectivity index (χ0n) is 10.8. The zero-order valence-corrected chi connectivity index (χ0v) is 10.8. The number of aliphatic carboxylic acids is 1. The average molecular weight is 264 g/mol. The van der Waals surface area contributed by atoms with Gasteiger partial charge in [0.25, 0.3) is 0 Å². The van der Waals surface area contributed by atoms with Crippen LogP contribution in [-0.2, 0) is 11.2 Å². The highest BCUT2D eigenvalue weighted by Gasteiger charge is 2.19. The second-order valence-electron chi connectivity index (χ2n) is 4.23. The van der Waals surface area contributed by atoms with Crippen molar-refractivity contribution in [3.05, 3.63) is 34.8 Å². The molecule has 0 aromatic carbocycles. The SMILES string of the molecule is Cc1ncnc(-n2nc(C)c(CC(=O)O)c2C)c1F. The van der Waals surface area contributed by atoms with E-state index in [-0.39, 0.29) is 17.9 Å². The molecule has 0 saturated heterocycles. The number of hydrogen-bond acceptors (Lipinski definition) is 4. The van der Waals surface area contributed by atoms with Crippen LogP contribution >= 0.6 is 0 Å². The molecule has 2 heterocycles. The summed E-state index contributed by atoms with van der Waals surface area (Å²) in [7, 11) is 0. The number of carboxylic acid groups (broad SMARTS) is 1. The minimum Gasteiger partial charge on any atom is -0.481 e. The number of rotatable bonds is 3. The Morgan fingerprint density at radius 1 is 1.32 bits per heavy atom. The topological polar surface area (TPSA) is 80.9 Å². The van der Waals surface area contributed by atoms with Gasteiger partial charge in [0, 0.05) is 11.3 Å². The fourth-order valence-corrected chi connectivity index (χ4v) is 1.88. The lowest BCUT2D eigenvalue weighted by Gasteiger charge is -2.06. The normalized spacial score (nSPS) is 10.7. The number of hydrogen-bond donors (Lipinski definition) is 1. The van der Waals surface area contributed by atoms with Crippen molar-refractivity contribution in [2.75, 3.05) is 0 Å². The van der Waals surface area contributed by atoms with E-state index in [9.17, 15) is 9.18 Å². The molecule has 0 unspecified atom stereocenters. The Bertz CT molecular complexity index is 651. The summed E-state index contributed by atoms with van der Waals surface area (Å²) >= 11 is 0. The molecule has 7 heteroatoms. The smallest absolute Gasteiger partial charge is 0.307 e. The van der Waals surface area contributed by atoms with Crippen LogP contribution in [0.2, 0.25) is 0 Å². The van der Waals surface area contributed by atoms with Gasteiger partial charge in [0.1, 0.15) is 6.33 Å². The van der Waals surface area contributed by atoms with Gasteiger partial charge in [-0.05, 0) is 20.8 Å². The van der Waals surface area contributed by atoms with E-state index in [1.807, 2.05) is 0 Å². The summed E-state index contributed by atoms with van der Waals surface area (Å²) in [6, 6.07) is 0. The Balaban J connectivity index is 2.58. The van der Waals surface area contributed by atoms with E-state index < -0.39 is 11.8 Å².